The fraction of sp³-hybridized carbons (Fsp3) is 0.455. The zero-order valence-corrected chi connectivity index (χ0v) is 11.4. The Bertz CT molecular complexity index is 304. The van der Waals surface area contributed by atoms with Crippen molar-refractivity contribution < 1.29 is 0 Å². The van der Waals surface area contributed by atoms with Crippen LogP contribution in [0.25, 0.3) is 0 Å². The quantitative estimate of drug-likeness (QED) is 0.497. The lowest BCUT2D eigenvalue weighted by Gasteiger charge is -2.19. The predicted molar refractivity (Wildman–Crippen MR) is 70.8 cm³/mol. The molecule has 4 heteroatoms. The Hall–Kier alpha value is -0.0300. The number of thioether (sulfide) groups is 1. The van der Waals surface area contributed by atoms with Crippen LogP contribution in [-0.4, -0.2) is 11.8 Å². The van der Waals surface area contributed by atoms with Crippen molar-refractivity contribution in [1.82, 2.24) is 5.43 Å². The summed E-state index contributed by atoms with van der Waals surface area (Å²) in [4.78, 5) is 1.27. The molecule has 1 atom stereocenters. The Morgan fingerprint density at radius 2 is 2.20 bits per heavy atom. The van der Waals surface area contributed by atoms with Crippen LogP contribution in [0.5, 0.6) is 0 Å². The highest BCUT2D eigenvalue weighted by atomic mass is 79.9. The van der Waals surface area contributed by atoms with Gasteiger partial charge < -0.3 is 0 Å². The predicted octanol–water partition coefficient (Wildman–Crippen LogP) is 3.03. The van der Waals surface area contributed by atoms with Gasteiger partial charge in [0.05, 0.1) is 0 Å². The van der Waals surface area contributed by atoms with Crippen LogP contribution in [0.2, 0.25) is 0 Å². The molecule has 0 bridgehead atoms. The van der Waals surface area contributed by atoms with Crippen LogP contribution in [0.1, 0.15) is 13.8 Å². The molecule has 1 rings (SSSR count). The molecule has 0 spiro atoms. The summed E-state index contributed by atoms with van der Waals surface area (Å²) in [6.07, 6.45) is 0. The minimum Gasteiger partial charge on any atom is -0.271 e. The summed E-state index contributed by atoms with van der Waals surface area (Å²) in [6, 6.07) is 8.67. The molecule has 3 N–H and O–H groups in total. The van der Waals surface area contributed by atoms with E-state index in [0.29, 0.717) is 12.0 Å². The summed E-state index contributed by atoms with van der Waals surface area (Å²) in [5.74, 6) is 7.04. The molecule has 15 heavy (non-hydrogen) atoms. The standard InChI is InChI=1S/C11H17BrN2S/c1-8(2)11(14-13)7-15-10-5-3-4-9(12)6-10/h3-6,8,11,14H,7,13H2,1-2H3. The maximum Gasteiger partial charge on any atom is 0.0327 e. The van der Waals surface area contributed by atoms with Crippen molar-refractivity contribution in [3.05, 3.63) is 28.7 Å². The topological polar surface area (TPSA) is 38.0 Å². The second-order valence-electron chi connectivity index (χ2n) is 3.79. The van der Waals surface area contributed by atoms with Crippen LogP contribution in [-0.2, 0) is 0 Å². The summed E-state index contributed by atoms with van der Waals surface area (Å²) in [5, 5.41) is 0. The van der Waals surface area contributed by atoms with E-state index in [1.807, 2.05) is 23.9 Å². The Kier molecular flexibility index (Phi) is 5.68. The van der Waals surface area contributed by atoms with Crippen molar-refractivity contribution >= 4 is 27.7 Å². The first-order valence-electron chi connectivity index (χ1n) is 4.98. The Labute approximate surface area is 104 Å². The number of rotatable bonds is 5. The van der Waals surface area contributed by atoms with Gasteiger partial charge in [0, 0.05) is 21.2 Å². The summed E-state index contributed by atoms with van der Waals surface area (Å²) < 4.78 is 1.12. The third kappa shape index (κ3) is 4.55. The highest BCUT2D eigenvalue weighted by molar-refractivity contribution is 9.10. The molecule has 0 radical (unpaired) electrons. The number of hydrogen-bond acceptors (Lipinski definition) is 3. The van der Waals surface area contributed by atoms with E-state index in [0.717, 1.165) is 10.2 Å². The van der Waals surface area contributed by atoms with Crippen LogP contribution >= 0.6 is 27.7 Å². The average Bonchev–Trinajstić information content (AvgIpc) is 2.18. The van der Waals surface area contributed by atoms with Gasteiger partial charge in [0.15, 0.2) is 0 Å². The SMILES string of the molecule is CC(C)C(CSc1cccc(Br)c1)NN. The van der Waals surface area contributed by atoms with E-state index in [1.165, 1.54) is 4.90 Å². The van der Waals surface area contributed by atoms with Crippen LogP contribution in [0, 0.1) is 5.92 Å². The monoisotopic (exact) mass is 288 g/mol. The molecule has 0 aliphatic heterocycles. The van der Waals surface area contributed by atoms with E-state index in [1.54, 1.807) is 0 Å². The summed E-state index contributed by atoms with van der Waals surface area (Å²) >= 11 is 5.28. The second-order valence-corrected chi connectivity index (χ2v) is 5.79. The minimum atomic E-state index is 0.356. The Balaban J connectivity index is 2.49. The van der Waals surface area contributed by atoms with Gasteiger partial charge in [-0.1, -0.05) is 35.8 Å². The lowest BCUT2D eigenvalue weighted by atomic mass is 10.1. The van der Waals surface area contributed by atoms with Crippen molar-refractivity contribution in [2.24, 2.45) is 11.8 Å². The average molecular weight is 289 g/mol. The fourth-order valence-electron chi connectivity index (χ4n) is 1.18. The zero-order valence-electron chi connectivity index (χ0n) is 9.03. The van der Waals surface area contributed by atoms with E-state index < -0.39 is 0 Å². The first-order chi connectivity index (χ1) is 7.13. The number of halogens is 1. The lowest BCUT2D eigenvalue weighted by molar-refractivity contribution is 0.443. The molecule has 0 aromatic heterocycles. The third-order valence-electron chi connectivity index (χ3n) is 2.24. The highest BCUT2D eigenvalue weighted by Crippen LogP contribution is 2.23. The minimum absolute atomic E-state index is 0.356. The van der Waals surface area contributed by atoms with Crippen LogP contribution in [0.15, 0.2) is 33.6 Å². The summed E-state index contributed by atoms with van der Waals surface area (Å²) in [5.41, 5.74) is 2.85. The molecule has 0 amide bonds. The molecule has 1 aromatic rings. The van der Waals surface area contributed by atoms with E-state index in [9.17, 15) is 0 Å². The van der Waals surface area contributed by atoms with E-state index >= 15 is 0 Å². The van der Waals surface area contributed by atoms with Gasteiger partial charge in [0.25, 0.3) is 0 Å². The van der Waals surface area contributed by atoms with Crippen molar-refractivity contribution in [3.63, 3.8) is 0 Å². The van der Waals surface area contributed by atoms with Gasteiger partial charge in [-0.2, -0.15) is 0 Å². The number of nitrogens with one attached hydrogen (secondary N) is 1. The van der Waals surface area contributed by atoms with Crippen LogP contribution in [0.3, 0.4) is 0 Å². The van der Waals surface area contributed by atoms with E-state index in [2.05, 4.69) is 47.3 Å². The Morgan fingerprint density at radius 1 is 1.47 bits per heavy atom. The molecular weight excluding hydrogens is 272 g/mol. The van der Waals surface area contributed by atoms with Gasteiger partial charge >= 0.3 is 0 Å². The number of benzene rings is 1. The molecule has 0 heterocycles. The van der Waals surface area contributed by atoms with E-state index in [-0.39, 0.29) is 0 Å². The smallest absolute Gasteiger partial charge is 0.0327 e. The number of nitrogens with two attached hydrogens (primary N) is 1. The molecule has 84 valence electrons. The van der Waals surface area contributed by atoms with Gasteiger partial charge in [-0.05, 0) is 24.1 Å². The zero-order chi connectivity index (χ0) is 11.3. The summed E-state index contributed by atoms with van der Waals surface area (Å²) in [6.45, 7) is 4.35. The van der Waals surface area contributed by atoms with Gasteiger partial charge in [0.2, 0.25) is 0 Å². The van der Waals surface area contributed by atoms with Gasteiger partial charge in [-0.25, -0.2) is 0 Å². The molecule has 1 unspecified atom stereocenters. The lowest BCUT2D eigenvalue weighted by Crippen LogP contribution is -2.40. The molecule has 0 aliphatic carbocycles. The van der Waals surface area contributed by atoms with Gasteiger partial charge in [-0.3, -0.25) is 11.3 Å². The van der Waals surface area contributed by atoms with Crippen LogP contribution in [0.4, 0.5) is 0 Å². The Morgan fingerprint density at radius 3 is 2.73 bits per heavy atom. The maximum absolute atomic E-state index is 5.50. The number of hydrogen-bond donors (Lipinski definition) is 2. The first kappa shape index (κ1) is 13.0. The molecule has 1 aromatic carbocycles. The van der Waals surface area contributed by atoms with E-state index in [4.69, 9.17) is 5.84 Å². The van der Waals surface area contributed by atoms with Crippen molar-refractivity contribution in [2.75, 3.05) is 5.75 Å². The largest absolute Gasteiger partial charge is 0.271 e. The first-order valence-corrected chi connectivity index (χ1v) is 6.76. The molecule has 0 saturated heterocycles. The second kappa shape index (κ2) is 6.53. The van der Waals surface area contributed by atoms with Crippen molar-refractivity contribution in [1.29, 1.82) is 0 Å². The molecule has 0 fully saturated rings. The number of hydrazine groups is 1. The van der Waals surface area contributed by atoms with Crippen LogP contribution < -0.4 is 11.3 Å². The summed E-state index contributed by atoms with van der Waals surface area (Å²) in [7, 11) is 0. The third-order valence-corrected chi connectivity index (χ3v) is 3.85. The maximum atomic E-state index is 5.50. The van der Waals surface area contributed by atoms with Gasteiger partial charge in [-0.15, -0.1) is 11.8 Å². The normalized spacial score (nSPS) is 13.1. The van der Waals surface area contributed by atoms with Crippen molar-refractivity contribution in [3.8, 4) is 0 Å². The molecule has 2 nitrogen and oxygen atoms in total. The molecule has 0 saturated carbocycles. The fourth-order valence-corrected chi connectivity index (χ4v) is 2.96. The highest BCUT2D eigenvalue weighted by Gasteiger charge is 2.11. The van der Waals surface area contributed by atoms with Gasteiger partial charge in [0.1, 0.15) is 0 Å². The molecular formula is C11H17BrN2S. The van der Waals surface area contributed by atoms with Crippen molar-refractivity contribution in [2.45, 2.75) is 24.8 Å². The molecule has 0 aliphatic rings.